The Morgan fingerprint density at radius 1 is 1.15 bits per heavy atom. The molecule has 0 bridgehead atoms. The summed E-state index contributed by atoms with van der Waals surface area (Å²) in [5.41, 5.74) is 2.52. The lowest BCUT2D eigenvalue weighted by molar-refractivity contribution is -0.127. The third kappa shape index (κ3) is 4.51. The number of rotatable bonds is 6. The number of pyridine rings is 1. The zero-order valence-corrected chi connectivity index (χ0v) is 22.7. The van der Waals surface area contributed by atoms with Crippen molar-refractivity contribution in [1.82, 2.24) is 10.3 Å². The first-order valence-electron chi connectivity index (χ1n) is 13.0. The fourth-order valence-corrected chi connectivity index (χ4v) is 6.31. The number of carbonyl (C=O) groups excluding carboxylic acids is 3. The van der Waals surface area contributed by atoms with Crippen LogP contribution in [0.15, 0.2) is 73.4 Å². The Morgan fingerprint density at radius 2 is 1.98 bits per heavy atom. The molecule has 202 valence electrons. The summed E-state index contributed by atoms with van der Waals surface area (Å²) >= 11 is 1.20. The second-order valence-corrected chi connectivity index (χ2v) is 10.7. The summed E-state index contributed by atoms with van der Waals surface area (Å²) in [6.07, 6.45) is 4.28. The number of amides is 4. The molecule has 2 N–H and O–H groups in total. The molecule has 1 atom stereocenters. The molecule has 1 saturated heterocycles. The molecule has 4 aromatic rings. The molecule has 0 aliphatic carbocycles. The smallest absolute Gasteiger partial charge is 0.331 e. The van der Waals surface area contributed by atoms with Gasteiger partial charge in [-0.2, -0.15) is 0 Å². The molecule has 9 nitrogen and oxygen atoms in total. The van der Waals surface area contributed by atoms with Crippen LogP contribution in [0.1, 0.15) is 18.4 Å². The van der Waals surface area contributed by atoms with Gasteiger partial charge in [-0.15, -0.1) is 0 Å². The van der Waals surface area contributed by atoms with E-state index in [1.54, 1.807) is 17.2 Å². The van der Waals surface area contributed by atoms with Gasteiger partial charge in [0.05, 0.1) is 28.4 Å². The zero-order chi connectivity index (χ0) is 27.8. The van der Waals surface area contributed by atoms with Gasteiger partial charge in [-0.1, -0.05) is 36.1 Å². The number of anilines is 4. The van der Waals surface area contributed by atoms with Gasteiger partial charge < -0.3 is 15.4 Å². The van der Waals surface area contributed by atoms with Crippen molar-refractivity contribution in [2.24, 2.45) is 5.92 Å². The molecule has 2 aliphatic heterocycles. The van der Waals surface area contributed by atoms with Crippen LogP contribution in [-0.2, 0) is 9.59 Å². The van der Waals surface area contributed by atoms with Crippen molar-refractivity contribution in [3.8, 4) is 11.5 Å². The van der Waals surface area contributed by atoms with Crippen molar-refractivity contribution in [1.29, 1.82) is 0 Å². The third-order valence-corrected chi connectivity index (χ3v) is 8.16. The molecule has 10 heteroatoms. The predicted molar refractivity (Wildman–Crippen MR) is 157 cm³/mol. The van der Waals surface area contributed by atoms with E-state index in [1.165, 1.54) is 11.3 Å². The maximum Gasteiger partial charge on any atom is 0.331 e. The zero-order valence-electron chi connectivity index (χ0n) is 21.8. The minimum atomic E-state index is -0.540. The van der Waals surface area contributed by atoms with Crippen molar-refractivity contribution in [2.45, 2.75) is 19.8 Å². The number of para-hydroxylation sites is 1. The molecule has 0 saturated carbocycles. The number of carbonyl (C=O) groups is 3. The van der Waals surface area contributed by atoms with Gasteiger partial charge in [-0.3, -0.25) is 14.5 Å². The first kappa shape index (κ1) is 25.7. The molecule has 1 fully saturated rings. The molecule has 2 aliphatic rings. The summed E-state index contributed by atoms with van der Waals surface area (Å²) in [5, 5.41) is 7.19. The molecular weight excluding hydrogens is 526 g/mol. The molecule has 40 heavy (non-hydrogen) atoms. The van der Waals surface area contributed by atoms with Crippen LogP contribution >= 0.6 is 11.3 Å². The Labute approximate surface area is 235 Å². The van der Waals surface area contributed by atoms with Crippen molar-refractivity contribution in [3.05, 3.63) is 79.0 Å². The van der Waals surface area contributed by atoms with Gasteiger partial charge in [0.15, 0.2) is 0 Å². The van der Waals surface area contributed by atoms with E-state index in [9.17, 15) is 14.4 Å². The van der Waals surface area contributed by atoms with Crippen LogP contribution in [0.2, 0.25) is 0 Å². The first-order chi connectivity index (χ1) is 19.5. The van der Waals surface area contributed by atoms with E-state index in [-0.39, 0.29) is 11.8 Å². The van der Waals surface area contributed by atoms with Crippen LogP contribution in [0.25, 0.3) is 10.2 Å². The number of urea groups is 1. The molecule has 4 heterocycles. The number of aryl methyl sites for hydroxylation is 1. The highest BCUT2D eigenvalue weighted by molar-refractivity contribution is 7.23. The summed E-state index contributed by atoms with van der Waals surface area (Å²) < 4.78 is 5.97. The highest BCUT2D eigenvalue weighted by Crippen LogP contribution is 2.50. The van der Waals surface area contributed by atoms with Crippen LogP contribution < -0.4 is 25.2 Å². The summed E-state index contributed by atoms with van der Waals surface area (Å²) in [6, 6.07) is 16.4. The van der Waals surface area contributed by atoms with Crippen LogP contribution in [-0.4, -0.2) is 35.9 Å². The van der Waals surface area contributed by atoms with E-state index in [4.69, 9.17) is 4.74 Å². The number of hydrogen-bond donors (Lipinski definition) is 2. The van der Waals surface area contributed by atoms with Crippen molar-refractivity contribution >= 4 is 61.5 Å². The summed E-state index contributed by atoms with van der Waals surface area (Å²) in [4.78, 5) is 48.1. The fourth-order valence-electron chi connectivity index (χ4n) is 5.18. The molecular formula is C30H27N5O4S. The van der Waals surface area contributed by atoms with Gasteiger partial charge in [-0.05, 0) is 74.3 Å². The Hall–Kier alpha value is -4.54. The summed E-state index contributed by atoms with van der Waals surface area (Å²) in [6.45, 7) is 6.85. The van der Waals surface area contributed by atoms with Crippen molar-refractivity contribution in [3.63, 3.8) is 0 Å². The minimum Gasteiger partial charge on any atom is -0.457 e. The maximum absolute atomic E-state index is 13.7. The number of benzene rings is 2. The summed E-state index contributed by atoms with van der Waals surface area (Å²) in [5.74, 6) is 0.161. The number of nitrogens with zero attached hydrogens (tertiary/aromatic N) is 3. The number of thiophene rings is 1. The average molecular weight is 554 g/mol. The van der Waals surface area contributed by atoms with E-state index in [1.807, 2.05) is 55.5 Å². The normalized spacial score (nSPS) is 16.4. The predicted octanol–water partition coefficient (Wildman–Crippen LogP) is 6.13. The molecule has 2 aromatic carbocycles. The van der Waals surface area contributed by atoms with E-state index in [0.29, 0.717) is 56.7 Å². The SMILES string of the molecule is C=CC(=O)N(C(=O)C1CCCNC1)c1sc2nccc3c2c1NC(=O)N3c1ccc(Oc2ccccc2)cc1C. The molecule has 1 unspecified atom stereocenters. The fraction of sp³-hybridized carbons (Fsp3) is 0.200. The highest BCUT2D eigenvalue weighted by Gasteiger charge is 2.37. The van der Waals surface area contributed by atoms with Crippen LogP contribution in [0.3, 0.4) is 0 Å². The van der Waals surface area contributed by atoms with E-state index in [2.05, 4.69) is 22.2 Å². The third-order valence-electron chi connectivity index (χ3n) is 7.08. The lowest BCUT2D eigenvalue weighted by atomic mass is 9.98. The number of nitrogens with one attached hydrogen (secondary N) is 2. The Kier molecular flexibility index (Phi) is 6.79. The van der Waals surface area contributed by atoms with Gasteiger partial charge >= 0.3 is 6.03 Å². The van der Waals surface area contributed by atoms with E-state index >= 15 is 0 Å². The monoisotopic (exact) mass is 553 g/mol. The van der Waals surface area contributed by atoms with E-state index < -0.39 is 11.9 Å². The maximum atomic E-state index is 13.7. The van der Waals surface area contributed by atoms with Gasteiger partial charge in [0.2, 0.25) is 5.91 Å². The minimum absolute atomic E-state index is 0.317. The lowest BCUT2D eigenvalue weighted by Crippen LogP contribution is -2.45. The lowest BCUT2D eigenvalue weighted by Gasteiger charge is -2.31. The summed E-state index contributed by atoms with van der Waals surface area (Å²) in [7, 11) is 0. The Balaban J connectivity index is 1.41. The number of hydrogen-bond acceptors (Lipinski definition) is 7. The Bertz CT molecular complexity index is 1640. The van der Waals surface area contributed by atoms with E-state index in [0.717, 1.165) is 29.5 Å². The Morgan fingerprint density at radius 3 is 2.70 bits per heavy atom. The number of ether oxygens (including phenoxy) is 1. The van der Waals surface area contributed by atoms with Crippen LogP contribution in [0.4, 0.5) is 26.9 Å². The first-order valence-corrected chi connectivity index (χ1v) is 13.8. The van der Waals surface area contributed by atoms with Gasteiger partial charge in [-0.25, -0.2) is 14.7 Å². The average Bonchev–Trinajstić information content (AvgIpc) is 3.33. The van der Waals surface area contributed by atoms with Crippen LogP contribution in [0.5, 0.6) is 11.5 Å². The molecule has 0 spiro atoms. The number of imide groups is 1. The molecule has 0 radical (unpaired) electrons. The molecule has 2 aromatic heterocycles. The quantitative estimate of drug-likeness (QED) is 0.279. The number of piperidine rings is 1. The largest absolute Gasteiger partial charge is 0.457 e. The van der Waals surface area contributed by atoms with Gasteiger partial charge in [0.25, 0.3) is 5.91 Å². The van der Waals surface area contributed by atoms with Crippen LogP contribution in [0, 0.1) is 12.8 Å². The molecule has 4 amide bonds. The standard InChI is InChI=1S/C30H27N5O4S/c1-3-24(36)35(28(37)19-8-7-14-31-17-19)29-26-25-23(13-15-32-27(25)40-29)34(30(38)33-26)22-12-11-21(16-18(22)2)39-20-9-5-4-6-10-20/h3-6,9-13,15-16,19,31H,1,7-8,14,17H2,2H3,(H,33,38). The topological polar surface area (TPSA) is 104 Å². The molecule has 6 rings (SSSR count). The van der Waals surface area contributed by atoms with Crippen molar-refractivity contribution in [2.75, 3.05) is 28.2 Å². The second kappa shape index (κ2) is 10.6. The number of aromatic nitrogens is 1. The van der Waals surface area contributed by atoms with Crippen molar-refractivity contribution < 1.29 is 19.1 Å². The van der Waals surface area contributed by atoms with Gasteiger partial charge in [0.1, 0.15) is 21.3 Å². The highest BCUT2D eigenvalue weighted by atomic mass is 32.1. The second-order valence-electron chi connectivity index (χ2n) is 9.68. The van der Waals surface area contributed by atoms with Gasteiger partial charge in [0, 0.05) is 12.7 Å².